The number of aryl methyl sites for hydroxylation is 1. The zero-order valence-corrected chi connectivity index (χ0v) is 14.3. The Balaban J connectivity index is 1.46. The number of aromatic amines is 1. The lowest BCUT2D eigenvalue weighted by Crippen LogP contribution is -2.12. The van der Waals surface area contributed by atoms with E-state index in [1.54, 1.807) is 12.1 Å². The summed E-state index contributed by atoms with van der Waals surface area (Å²) in [7, 11) is 0. The fourth-order valence-electron chi connectivity index (χ4n) is 2.38. The van der Waals surface area contributed by atoms with Crippen LogP contribution >= 0.6 is 0 Å². The number of carbonyl (C=O) groups excluding carboxylic acids is 1. The van der Waals surface area contributed by atoms with Gasteiger partial charge in [0.15, 0.2) is 5.82 Å². The molecule has 6 nitrogen and oxygen atoms in total. The summed E-state index contributed by atoms with van der Waals surface area (Å²) in [6, 6.07) is 13.2. The Morgan fingerprint density at radius 3 is 2.77 bits per heavy atom. The molecule has 0 unspecified atom stereocenters. The molecule has 3 rings (SSSR count). The number of rotatable bonds is 7. The fourth-order valence-corrected chi connectivity index (χ4v) is 2.38. The number of hydrogen-bond acceptors (Lipinski definition) is 4. The van der Waals surface area contributed by atoms with Crippen LogP contribution in [-0.2, 0) is 4.79 Å². The second kappa shape index (κ2) is 8.24. The number of H-pyrrole nitrogens is 1. The monoisotopic (exact) mass is 354 g/mol. The van der Waals surface area contributed by atoms with Crippen LogP contribution in [0.15, 0.2) is 48.5 Å². The Hall–Kier alpha value is -3.22. The highest BCUT2D eigenvalue weighted by Gasteiger charge is 2.07. The lowest BCUT2D eigenvalue weighted by Gasteiger charge is -2.08. The molecule has 1 aromatic heterocycles. The van der Waals surface area contributed by atoms with Crippen LogP contribution in [0.4, 0.5) is 10.1 Å². The minimum absolute atomic E-state index is 0.101. The van der Waals surface area contributed by atoms with Crippen molar-refractivity contribution in [2.75, 3.05) is 11.9 Å². The molecule has 0 aliphatic rings. The summed E-state index contributed by atoms with van der Waals surface area (Å²) >= 11 is 0. The third kappa shape index (κ3) is 4.89. The van der Waals surface area contributed by atoms with Crippen molar-refractivity contribution in [3.8, 4) is 17.1 Å². The number of ether oxygens (including phenoxy) is 1. The molecule has 3 aromatic rings. The molecule has 1 heterocycles. The first-order valence-electron chi connectivity index (χ1n) is 8.28. The van der Waals surface area contributed by atoms with Crippen LogP contribution in [0.25, 0.3) is 11.4 Å². The summed E-state index contributed by atoms with van der Waals surface area (Å²) in [6.45, 7) is 2.21. The van der Waals surface area contributed by atoms with Gasteiger partial charge in [-0.3, -0.25) is 9.89 Å². The van der Waals surface area contributed by atoms with E-state index in [9.17, 15) is 9.18 Å². The van der Waals surface area contributed by atoms with Crippen molar-refractivity contribution < 1.29 is 13.9 Å². The van der Waals surface area contributed by atoms with Gasteiger partial charge < -0.3 is 10.1 Å². The maximum absolute atomic E-state index is 12.8. The van der Waals surface area contributed by atoms with Crippen LogP contribution < -0.4 is 10.1 Å². The van der Waals surface area contributed by atoms with Crippen LogP contribution in [0, 0.1) is 12.7 Å². The molecule has 0 aliphatic carbocycles. The molecule has 0 aliphatic heterocycles. The van der Waals surface area contributed by atoms with Gasteiger partial charge in [-0.25, -0.2) is 9.37 Å². The van der Waals surface area contributed by atoms with Crippen LogP contribution in [0.1, 0.15) is 18.7 Å². The van der Waals surface area contributed by atoms with Gasteiger partial charge in [-0.15, -0.1) is 0 Å². The number of anilines is 1. The quantitative estimate of drug-likeness (QED) is 0.634. The maximum atomic E-state index is 12.8. The van der Waals surface area contributed by atoms with Crippen LogP contribution in [-0.4, -0.2) is 27.7 Å². The SMILES string of the molecule is Cc1nc(-c2cccc(NC(=O)CCCOc3ccc(F)cc3)c2)n[nH]1. The molecule has 1 amide bonds. The highest BCUT2D eigenvalue weighted by molar-refractivity contribution is 5.91. The largest absolute Gasteiger partial charge is 0.494 e. The number of benzene rings is 2. The summed E-state index contributed by atoms with van der Waals surface area (Å²) in [5.41, 5.74) is 1.51. The van der Waals surface area contributed by atoms with E-state index in [0.29, 0.717) is 36.7 Å². The number of hydrogen-bond donors (Lipinski definition) is 2. The van der Waals surface area contributed by atoms with E-state index in [1.807, 2.05) is 31.2 Å². The fraction of sp³-hybridized carbons (Fsp3) is 0.211. The van der Waals surface area contributed by atoms with E-state index >= 15 is 0 Å². The Kier molecular flexibility index (Phi) is 5.58. The molecule has 2 aromatic carbocycles. The van der Waals surface area contributed by atoms with Gasteiger partial charge in [0.05, 0.1) is 6.61 Å². The van der Waals surface area contributed by atoms with Gasteiger partial charge in [-0.2, -0.15) is 5.10 Å². The third-order valence-corrected chi connectivity index (χ3v) is 3.63. The second-order valence-electron chi connectivity index (χ2n) is 5.78. The number of nitrogens with one attached hydrogen (secondary N) is 2. The summed E-state index contributed by atoms with van der Waals surface area (Å²) < 4.78 is 18.3. The lowest BCUT2D eigenvalue weighted by atomic mass is 10.2. The van der Waals surface area contributed by atoms with E-state index in [1.165, 1.54) is 12.1 Å². The number of aromatic nitrogens is 3. The Labute approximate surface area is 150 Å². The van der Waals surface area contributed by atoms with Gasteiger partial charge in [0.2, 0.25) is 5.91 Å². The smallest absolute Gasteiger partial charge is 0.224 e. The first kappa shape index (κ1) is 17.6. The van der Waals surface area contributed by atoms with Gasteiger partial charge in [0.1, 0.15) is 17.4 Å². The van der Waals surface area contributed by atoms with Crippen molar-refractivity contribution in [1.29, 1.82) is 0 Å². The summed E-state index contributed by atoms with van der Waals surface area (Å²) in [4.78, 5) is 16.3. The Morgan fingerprint density at radius 2 is 2.04 bits per heavy atom. The van der Waals surface area contributed by atoms with E-state index in [-0.39, 0.29) is 11.7 Å². The van der Waals surface area contributed by atoms with Crippen molar-refractivity contribution in [3.05, 3.63) is 60.2 Å². The first-order chi connectivity index (χ1) is 12.6. The van der Waals surface area contributed by atoms with Crippen molar-refractivity contribution in [3.63, 3.8) is 0 Å². The van der Waals surface area contributed by atoms with Gasteiger partial charge in [0, 0.05) is 17.7 Å². The molecule has 134 valence electrons. The van der Waals surface area contributed by atoms with Crippen LogP contribution in [0.2, 0.25) is 0 Å². The molecule has 0 bridgehead atoms. The summed E-state index contributed by atoms with van der Waals surface area (Å²) in [5.74, 6) is 1.50. The Bertz CT molecular complexity index is 877. The topological polar surface area (TPSA) is 79.9 Å². The lowest BCUT2D eigenvalue weighted by molar-refractivity contribution is -0.116. The predicted molar refractivity (Wildman–Crippen MR) is 96.3 cm³/mol. The number of halogens is 1. The van der Waals surface area contributed by atoms with Crippen molar-refractivity contribution in [2.24, 2.45) is 0 Å². The summed E-state index contributed by atoms with van der Waals surface area (Å²) in [6.07, 6.45) is 0.883. The van der Waals surface area contributed by atoms with Crippen molar-refractivity contribution in [2.45, 2.75) is 19.8 Å². The predicted octanol–water partition coefficient (Wildman–Crippen LogP) is 3.72. The first-order valence-corrected chi connectivity index (χ1v) is 8.28. The van der Waals surface area contributed by atoms with E-state index < -0.39 is 0 Å². The van der Waals surface area contributed by atoms with Crippen LogP contribution in [0.5, 0.6) is 5.75 Å². The molecule has 7 heteroatoms. The molecule has 0 saturated heterocycles. The van der Waals surface area contributed by atoms with Crippen LogP contribution in [0.3, 0.4) is 0 Å². The van der Waals surface area contributed by atoms with Crippen molar-refractivity contribution >= 4 is 11.6 Å². The number of amides is 1. The average Bonchev–Trinajstić information content (AvgIpc) is 3.07. The third-order valence-electron chi connectivity index (χ3n) is 3.63. The van der Waals surface area contributed by atoms with Gasteiger partial charge >= 0.3 is 0 Å². The molecular formula is C19H19FN4O2. The van der Waals surface area contributed by atoms with Gasteiger partial charge in [-0.05, 0) is 49.7 Å². The molecular weight excluding hydrogens is 335 g/mol. The van der Waals surface area contributed by atoms with E-state index in [0.717, 1.165) is 11.4 Å². The van der Waals surface area contributed by atoms with Gasteiger partial charge in [-0.1, -0.05) is 12.1 Å². The average molecular weight is 354 g/mol. The second-order valence-corrected chi connectivity index (χ2v) is 5.78. The summed E-state index contributed by atoms with van der Waals surface area (Å²) in [5, 5.41) is 9.76. The normalized spacial score (nSPS) is 10.5. The minimum atomic E-state index is -0.306. The number of carbonyl (C=O) groups is 1. The molecule has 0 saturated carbocycles. The van der Waals surface area contributed by atoms with E-state index in [4.69, 9.17) is 4.74 Å². The molecule has 0 radical (unpaired) electrons. The number of nitrogens with zero attached hydrogens (tertiary/aromatic N) is 2. The van der Waals surface area contributed by atoms with E-state index in [2.05, 4.69) is 20.5 Å². The molecule has 26 heavy (non-hydrogen) atoms. The molecule has 0 atom stereocenters. The molecule has 0 fully saturated rings. The zero-order chi connectivity index (χ0) is 18.4. The zero-order valence-electron chi connectivity index (χ0n) is 14.3. The molecule has 2 N–H and O–H groups in total. The molecule has 0 spiro atoms. The maximum Gasteiger partial charge on any atom is 0.224 e. The van der Waals surface area contributed by atoms with Crippen molar-refractivity contribution in [1.82, 2.24) is 15.2 Å². The standard InChI is InChI=1S/C19H19FN4O2/c1-13-21-19(24-23-13)14-4-2-5-16(12-14)22-18(25)6-3-11-26-17-9-7-15(20)8-10-17/h2,4-5,7-10,12H,3,6,11H2,1H3,(H,22,25)(H,21,23,24). The van der Waals surface area contributed by atoms with Gasteiger partial charge in [0.25, 0.3) is 0 Å². The minimum Gasteiger partial charge on any atom is -0.494 e. The highest BCUT2D eigenvalue weighted by atomic mass is 19.1. The Morgan fingerprint density at radius 1 is 1.23 bits per heavy atom. The highest BCUT2D eigenvalue weighted by Crippen LogP contribution is 2.19.